The summed E-state index contributed by atoms with van der Waals surface area (Å²) < 4.78 is 0. The predicted octanol–water partition coefficient (Wildman–Crippen LogP) is 7.28. The number of Topliss-reactive ketones (excluding diaryl/α,β-unsaturated/α-hetero) is 7. The van der Waals surface area contributed by atoms with Crippen LogP contribution in [0.1, 0.15) is 150 Å². The Labute approximate surface area is 680 Å². The van der Waals surface area contributed by atoms with Gasteiger partial charge in [-0.1, -0.05) is 189 Å². The van der Waals surface area contributed by atoms with Crippen molar-refractivity contribution in [2.24, 2.45) is 58.4 Å². The van der Waals surface area contributed by atoms with Gasteiger partial charge in [0, 0.05) is 107 Å². The summed E-state index contributed by atoms with van der Waals surface area (Å²) in [5.41, 5.74) is 26.7. The molecule has 0 radical (unpaired) electrons. The second kappa shape index (κ2) is 50.9. The Balaban J connectivity index is 1.33. The molecule has 0 fully saturated rings. The summed E-state index contributed by atoms with van der Waals surface area (Å²) in [7, 11) is 0. The van der Waals surface area contributed by atoms with Crippen LogP contribution < -0.4 is 65.5 Å². The minimum atomic E-state index is -1.30. The van der Waals surface area contributed by atoms with Gasteiger partial charge >= 0.3 is 0 Å². The van der Waals surface area contributed by atoms with E-state index in [0.717, 1.165) is 11.1 Å². The molecule has 6 aromatic carbocycles. The zero-order valence-corrected chi connectivity index (χ0v) is 66.8. The van der Waals surface area contributed by atoms with Gasteiger partial charge in [-0.2, -0.15) is 0 Å². The molecule has 0 saturated heterocycles. The van der Waals surface area contributed by atoms with Crippen molar-refractivity contribution in [3.8, 4) is 0 Å². The molecule has 6 aromatic rings. The van der Waals surface area contributed by atoms with Crippen LogP contribution in [0.5, 0.6) is 0 Å². The van der Waals surface area contributed by atoms with Crippen LogP contribution in [0.4, 0.5) is 0 Å². The third-order valence-corrected chi connectivity index (χ3v) is 20.6. The van der Waals surface area contributed by atoms with Crippen LogP contribution >= 0.6 is 0 Å². The minimum absolute atomic E-state index is 0.0208. The Bertz CT molecular complexity index is 4180. The van der Waals surface area contributed by atoms with Crippen molar-refractivity contribution >= 4 is 87.9 Å². The first kappa shape index (κ1) is 92.8. The van der Waals surface area contributed by atoms with Gasteiger partial charge in [0.25, 0.3) is 0 Å². The molecule has 0 aliphatic rings. The van der Waals surface area contributed by atoms with E-state index in [1.165, 1.54) is 6.92 Å². The maximum Gasteiger partial charge on any atom is 0.224 e. The lowest BCUT2D eigenvalue weighted by Gasteiger charge is -2.27. The average Bonchev–Trinajstić information content (AvgIpc) is 0.840. The smallest absolute Gasteiger partial charge is 0.224 e. The van der Waals surface area contributed by atoms with Gasteiger partial charge < -0.3 is 70.3 Å². The highest BCUT2D eigenvalue weighted by atomic mass is 16.2. The highest BCUT2D eigenvalue weighted by molar-refractivity contribution is 5.99. The van der Waals surface area contributed by atoms with Gasteiger partial charge in [0.1, 0.15) is 17.3 Å². The van der Waals surface area contributed by atoms with Gasteiger partial charge in [-0.05, 0) is 137 Å². The van der Waals surface area contributed by atoms with Gasteiger partial charge in [-0.25, -0.2) is 0 Å². The lowest BCUT2D eigenvalue weighted by Crippen LogP contribution is -2.48. The summed E-state index contributed by atoms with van der Waals surface area (Å²) in [6.07, 6.45) is 0.438. The van der Waals surface area contributed by atoms with Gasteiger partial charge in [0.2, 0.25) is 23.6 Å². The number of nitrogens with one attached hydrogen (secondary N) is 12. The number of ketones is 7. The Hall–Kier alpha value is -12.0. The summed E-state index contributed by atoms with van der Waals surface area (Å²) in [4.78, 5) is 162. The first-order chi connectivity index (χ1) is 55.7. The number of nitrogens with two attached hydrogens (primary N) is 4. The lowest BCUT2D eigenvalue weighted by molar-refractivity contribution is -0.136. The summed E-state index contributed by atoms with van der Waals surface area (Å²) >= 11 is 0. The highest BCUT2D eigenvalue weighted by Crippen LogP contribution is 2.28. The summed E-state index contributed by atoms with van der Waals surface area (Å²) in [5.74, 6) is -12.4. The Morgan fingerprint density at radius 1 is 0.284 bits per heavy atom. The number of guanidine groups is 4. The second-order valence-electron chi connectivity index (χ2n) is 29.9. The van der Waals surface area contributed by atoms with Crippen LogP contribution in [0.15, 0.2) is 182 Å². The maximum absolute atomic E-state index is 15.6. The Kier molecular flexibility index (Phi) is 40.8. The molecule has 10 atom stereocenters. The summed E-state index contributed by atoms with van der Waals surface area (Å²) in [6, 6.07) is 49.5. The molecule has 0 aliphatic carbocycles. The van der Waals surface area contributed by atoms with Crippen molar-refractivity contribution in [2.45, 2.75) is 179 Å². The standard InChI is InChI=1S/C89H118N16O11/c1-3-66(38-22-44-98-86(90)91)82(113)103-73(51-63-32-16-7-17-33-63)79(110)56-69(48-60-26-10-4-11-27-60)77(108)54-67(39-23-45-99-87(92)93)83(114)104-74(52-64-34-18-8-19-35-64)80(111)57-70(49-61-28-12-5-13-29-61)78(109)55-68(40-24-46-100-88(94)95)84(115)105-75(53-65-36-20-9-21-37-65)81(112)58-71(50-62-30-14-6-15-31-62)85(116)102-72(41-25-47-101-89(96)97)76(107)43-42-59(2)106/h4-21,26-37,66-75H,3,22-25,38-58H2,1-2H3,(H,102,116)(H,103,113)(H,104,114)(H,105,115)(H4,90,91,98)(H4,92,93,99)(H4,94,95,100)(H4,96,97,101). The molecule has 27 heteroatoms. The van der Waals surface area contributed by atoms with Gasteiger partial charge in [0.15, 0.2) is 47.0 Å². The molecule has 0 heterocycles. The molecule has 20 N–H and O–H groups in total. The third-order valence-electron chi connectivity index (χ3n) is 20.6. The molecule has 27 nitrogen and oxygen atoms in total. The van der Waals surface area contributed by atoms with Crippen LogP contribution in [0.2, 0.25) is 0 Å². The van der Waals surface area contributed by atoms with E-state index in [9.17, 15) is 19.2 Å². The number of carbonyl (C=O) groups excluding carboxylic acids is 11. The number of benzene rings is 6. The van der Waals surface area contributed by atoms with Crippen molar-refractivity contribution < 1.29 is 52.7 Å². The molecule has 10 unspecified atom stereocenters. The van der Waals surface area contributed by atoms with Crippen LogP contribution in [-0.4, -0.2) is 138 Å². The normalized spacial score (nSPS) is 13.6. The van der Waals surface area contributed by atoms with E-state index >= 15 is 33.6 Å². The molecule has 4 amide bonds. The van der Waals surface area contributed by atoms with Crippen molar-refractivity contribution in [3.63, 3.8) is 0 Å². The quantitative estimate of drug-likeness (QED) is 0.0101. The first-order valence-corrected chi connectivity index (χ1v) is 40.2. The van der Waals surface area contributed by atoms with Gasteiger partial charge in [-0.3, -0.25) is 69.6 Å². The Morgan fingerprint density at radius 3 is 0.819 bits per heavy atom. The molecule has 0 spiro atoms. The van der Waals surface area contributed by atoms with Crippen LogP contribution in [-0.2, 0) is 91.3 Å². The highest BCUT2D eigenvalue weighted by Gasteiger charge is 2.38. The topological polar surface area (TPSA) is 483 Å². The van der Waals surface area contributed by atoms with E-state index in [0.29, 0.717) is 54.5 Å². The number of rotatable bonds is 56. The fraction of sp³-hybridized carbons (Fsp3) is 0.427. The molecular formula is C89H118N16O11. The molecule has 620 valence electrons. The van der Waals surface area contributed by atoms with E-state index in [-0.39, 0.29) is 151 Å². The summed E-state index contributed by atoms with van der Waals surface area (Å²) in [5, 5.41) is 53.8. The fourth-order valence-corrected chi connectivity index (χ4v) is 14.2. The minimum Gasteiger partial charge on any atom is -0.370 e. The number of hydrogen-bond acceptors (Lipinski definition) is 15. The predicted molar refractivity (Wildman–Crippen MR) is 449 cm³/mol. The number of hydrogen-bond donors (Lipinski definition) is 16. The fourth-order valence-electron chi connectivity index (χ4n) is 14.2. The monoisotopic (exact) mass is 1590 g/mol. The van der Waals surface area contributed by atoms with Crippen molar-refractivity contribution in [3.05, 3.63) is 215 Å². The zero-order chi connectivity index (χ0) is 84.2. The number of amides is 4. The first-order valence-electron chi connectivity index (χ1n) is 40.2. The van der Waals surface area contributed by atoms with Crippen molar-refractivity contribution in [1.82, 2.24) is 42.5 Å². The van der Waals surface area contributed by atoms with E-state index in [2.05, 4.69) is 42.5 Å². The lowest BCUT2D eigenvalue weighted by atomic mass is 9.82. The number of carbonyl (C=O) groups is 11. The van der Waals surface area contributed by atoms with E-state index in [4.69, 9.17) is 44.6 Å². The van der Waals surface area contributed by atoms with E-state index in [1.54, 1.807) is 121 Å². The van der Waals surface area contributed by atoms with Gasteiger partial charge in [-0.15, -0.1) is 0 Å². The van der Waals surface area contributed by atoms with Crippen LogP contribution in [0.3, 0.4) is 0 Å². The van der Waals surface area contributed by atoms with E-state index < -0.39 is 131 Å². The largest absolute Gasteiger partial charge is 0.370 e. The second-order valence-corrected chi connectivity index (χ2v) is 29.9. The molecule has 0 saturated carbocycles. The molecular weight excluding hydrogens is 1470 g/mol. The van der Waals surface area contributed by atoms with Crippen molar-refractivity contribution in [2.75, 3.05) is 26.2 Å². The summed E-state index contributed by atoms with van der Waals surface area (Å²) in [6.45, 7) is 4.10. The third kappa shape index (κ3) is 35.6. The van der Waals surface area contributed by atoms with Crippen LogP contribution in [0.25, 0.3) is 0 Å². The average molecular weight is 1590 g/mol. The molecule has 116 heavy (non-hydrogen) atoms. The molecule has 0 aromatic heterocycles. The zero-order valence-electron chi connectivity index (χ0n) is 66.8. The molecule has 0 aliphatic heterocycles. The maximum atomic E-state index is 15.6. The Morgan fingerprint density at radius 2 is 0.526 bits per heavy atom. The van der Waals surface area contributed by atoms with Crippen LogP contribution in [0, 0.1) is 57.1 Å². The molecule has 6 rings (SSSR count). The SMILES string of the molecule is CCC(CCCNC(=N)N)C(=O)NC(Cc1ccccc1)C(=O)CC(Cc1ccccc1)C(=O)CC(CCCNC(=N)N)C(=O)NC(Cc1ccccc1)C(=O)CC(Cc1ccccc1)C(=O)CC(CCCNC(=N)N)C(=O)NC(Cc1ccccc1)C(=O)CC(Cc1ccccc1)C(=O)NC(CCCNC(=N)N)C(=O)CCC(C)=O. The van der Waals surface area contributed by atoms with Gasteiger partial charge in [0.05, 0.1) is 24.2 Å². The van der Waals surface area contributed by atoms with E-state index in [1.807, 2.05) is 67.6 Å². The molecule has 0 bridgehead atoms. The van der Waals surface area contributed by atoms with Crippen molar-refractivity contribution in [1.29, 1.82) is 21.6 Å².